The zero-order chi connectivity index (χ0) is 20.5. The van der Waals surface area contributed by atoms with Crippen LogP contribution < -0.4 is 10.1 Å². The molecule has 0 saturated carbocycles. The standard InChI is InChI=1S/C16H9Cl3F4N4O/c17-15(18,19)25-13-6-1-9(7-12(13)20)14-24-8-27(26-14)10-2-4-11(5-3-10)28-16(21,22)23/h1-8,25H. The second-order valence-corrected chi connectivity index (χ2v) is 7.65. The van der Waals surface area contributed by atoms with Crippen LogP contribution in [0.1, 0.15) is 0 Å². The van der Waals surface area contributed by atoms with E-state index in [4.69, 9.17) is 34.8 Å². The Kier molecular flexibility index (Phi) is 5.60. The number of anilines is 1. The van der Waals surface area contributed by atoms with Crippen LogP contribution in [0, 0.1) is 5.82 Å². The molecule has 0 radical (unpaired) electrons. The number of aromatic nitrogens is 3. The summed E-state index contributed by atoms with van der Waals surface area (Å²) < 4.78 is 54.0. The molecule has 0 unspecified atom stereocenters. The maximum atomic E-state index is 14.2. The average Bonchev–Trinajstić information content (AvgIpc) is 3.05. The first kappa shape index (κ1) is 20.5. The van der Waals surface area contributed by atoms with E-state index in [-0.39, 0.29) is 17.3 Å². The number of nitrogens with one attached hydrogen (secondary N) is 1. The first-order valence-electron chi connectivity index (χ1n) is 7.43. The summed E-state index contributed by atoms with van der Waals surface area (Å²) in [6.45, 7) is 0. The van der Waals surface area contributed by atoms with E-state index in [1.54, 1.807) is 0 Å². The third kappa shape index (κ3) is 5.40. The zero-order valence-electron chi connectivity index (χ0n) is 13.5. The van der Waals surface area contributed by atoms with Gasteiger partial charge >= 0.3 is 6.36 Å². The summed E-state index contributed by atoms with van der Waals surface area (Å²) in [4.78, 5) is 4.07. The van der Waals surface area contributed by atoms with Crippen LogP contribution in [0.15, 0.2) is 48.8 Å². The molecule has 5 nitrogen and oxygen atoms in total. The molecule has 0 aliphatic heterocycles. The van der Waals surface area contributed by atoms with Crippen LogP contribution in [0.25, 0.3) is 17.1 Å². The molecule has 0 aliphatic rings. The Balaban J connectivity index is 1.79. The Hall–Kier alpha value is -2.23. The van der Waals surface area contributed by atoms with Gasteiger partial charge in [-0.25, -0.2) is 14.1 Å². The van der Waals surface area contributed by atoms with Crippen LogP contribution in [0.2, 0.25) is 0 Å². The number of nitrogens with zero attached hydrogens (tertiary/aromatic N) is 3. The van der Waals surface area contributed by atoms with Crippen molar-refractivity contribution >= 4 is 40.5 Å². The van der Waals surface area contributed by atoms with Crippen molar-refractivity contribution in [1.29, 1.82) is 0 Å². The van der Waals surface area contributed by atoms with Gasteiger partial charge in [0.25, 0.3) is 3.92 Å². The van der Waals surface area contributed by atoms with Crippen molar-refractivity contribution in [3.8, 4) is 22.8 Å². The van der Waals surface area contributed by atoms with Crippen molar-refractivity contribution in [2.24, 2.45) is 0 Å². The summed E-state index contributed by atoms with van der Waals surface area (Å²) >= 11 is 16.7. The van der Waals surface area contributed by atoms with Gasteiger partial charge in [-0.1, -0.05) is 34.8 Å². The van der Waals surface area contributed by atoms with Crippen molar-refractivity contribution in [3.63, 3.8) is 0 Å². The van der Waals surface area contributed by atoms with Crippen LogP contribution >= 0.6 is 34.8 Å². The van der Waals surface area contributed by atoms with Crippen molar-refractivity contribution in [1.82, 2.24) is 14.8 Å². The third-order valence-electron chi connectivity index (χ3n) is 3.33. The predicted octanol–water partition coefficient (Wildman–Crippen LogP) is 5.71. The topological polar surface area (TPSA) is 52.0 Å². The van der Waals surface area contributed by atoms with Crippen molar-refractivity contribution in [3.05, 3.63) is 54.6 Å². The second-order valence-electron chi connectivity index (χ2n) is 5.37. The summed E-state index contributed by atoms with van der Waals surface area (Å²) in [6.07, 6.45) is -3.44. The maximum Gasteiger partial charge on any atom is 0.573 e. The van der Waals surface area contributed by atoms with Gasteiger partial charge in [0.1, 0.15) is 17.9 Å². The number of hydrogen-bond acceptors (Lipinski definition) is 4. The summed E-state index contributed by atoms with van der Waals surface area (Å²) in [5, 5.41) is 6.54. The van der Waals surface area contributed by atoms with E-state index in [0.717, 1.165) is 18.2 Å². The number of hydrogen-bond donors (Lipinski definition) is 1. The Morgan fingerprint density at radius 3 is 2.25 bits per heavy atom. The van der Waals surface area contributed by atoms with Crippen molar-refractivity contribution in [2.45, 2.75) is 10.3 Å². The summed E-state index contributed by atoms with van der Waals surface area (Å²) in [6, 6.07) is 9.04. The lowest BCUT2D eigenvalue weighted by atomic mass is 10.2. The van der Waals surface area contributed by atoms with Gasteiger partial charge in [-0.3, -0.25) is 0 Å². The first-order valence-corrected chi connectivity index (χ1v) is 8.56. The molecule has 3 aromatic rings. The lowest BCUT2D eigenvalue weighted by Gasteiger charge is -2.15. The van der Waals surface area contributed by atoms with E-state index < -0.39 is 16.1 Å². The molecular weight excluding hydrogens is 447 g/mol. The van der Waals surface area contributed by atoms with Gasteiger partial charge in [0, 0.05) is 5.56 Å². The Morgan fingerprint density at radius 1 is 1.00 bits per heavy atom. The Labute approximate surface area is 170 Å². The normalized spacial score (nSPS) is 12.1. The summed E-state index contributed by atoms with van der Waals surface area (Å²) in [5.41, 5.74) is 0.759. The predicted molar refractivity (Wildman–Crippen MR) is 97.3 cm³/mol. The smallest absolute Gasteiger partial charge is 0.406 e. The molecule has 1 heterocycles. The maximum absolute atomic E-state index is 14.2. The van der Waals surface area contributed by atoms with E-state index in [9.17, 15) is 17.6 Å². The van der Waals surface area contributed by atoms with E-state index >= 15 is 0 Å². The summed E-state index contributed by atoms with van der Waals surface area (Å²) in [5.74, 6) is -0.862. The monoisotopic (exact) mass is 454 g/mol. The van der Waals surface area contributed by atoms with Gasteiger partial charge < -0.3 is 10.1 Å². The third-order valence-corrected chi connectivity index (χ3v) is 3.61. The molecule has 0 spiro atoms. The average molecular weight is 456 g/mol. The molecule has 0 saturated heterocycles. The second kappa shape index (κ2) is 7.65. The molecule has 2 aromatic carbocycles. The number of ether oxygens (including phenoxy) is 1. The molecule has 1 aromatic heterocycles. The van der Waals surface area contributed by atoms with E-state index in [1.807, 2.05) is 0 Å². The minimum absolute atomic E-state index is 0.0246. The molecule has 0 amide bonds. The fraction of sp³-hybridized carbons (Fsp3) is 0.125. The lowest BCUT2D eigenvalue weighted by Crippen LogP contribution is -2.17. The molecule has 12 heteroatoms. The van der Waals surface area contributed by atoms with Gasteiger partial charge in [0.15, 0.2) is 5.82 Å². The number of halogens is 7. The molecule has 0 bridgehead atoms. The summed E-state index contributed by atoms with van der Waals surface area (Å²) in [7, 11) is 0. The van der Waals surface area contributed by atoms with E-state index in [1.165, 1.54) is 35.3 Å². The van der Waals surface area contributed by atoms with Crippen LogP contribution in [0.4, 0.5) is 23.2 Å². The molecule has 1 N–H and O–H groups in total. The van der Waals surface area contributed by atoms with Crippen molar-refractivity contribution < 1.29 is 22.3 Å². The largest absolute Gasteiger partial charge is 0.573 e. The number of rotatable bonds is 4. The van der Waals surface area contributed by atoms with Gasteiger partial charge in [-0.15, -0.1) is 18.3 Å². The highest BCUT2D eigenvalue weighted by atomic mass is 35.6. The number of benzene rings is 2. The van der Waals surface area contributed by atoms with Gasteiger partial charge in [-0.2, -0.15) is 0 Å². The van der Waals surface area contributed by atoms with Crippen LogP contribution in [0.5, 0.6) is 5.75 Å². The van der Waals surface area contributed by atoms with Gasteiger partial charge in [0.05, 0.1) is 11.4 Å². The Bertz CT molecular complexity index is 971. The minimum atomic E-state index is -4.77. The van der Waals surface area contributed by atoms with Crippen LogP contribution in [-0.2, 0) is 0 Å². The molecular formula is C16H9Cl3F4N4O. The SMILES string of the molecule is Fc1cc(-c2ncn(-c3ccc(OC(F)(F)F)cc3)n2)ccc1NC(Cl)(Cl)Cl. The van der Waals surface area contributed by atoms with Gasteiger partial charge in [-0.05, 0) is 42.5 Å². The quantitative estimate of drug-likeness (QED) is 0.311. The highest BCUT2D eigenvalue weighted by Crippen LogP contribution is 2.31. The fourth-order valence-electron chi connectivity index (χ4n) is 2.23. The minimum Gasteiger partial charge on any atom is -0.406 e. The highest BCUT2D eigenvalue weighted by Gasteiger charge is 2.31. The molecule has 0 fully saturated rings. The van der Waals surface area contributed by atoms with E-state index in [2.05, 4.69) is 20.1 Å². The van der Waals surface area contributed by atoms with Crippen molar-refractivity contribution in [2.75, 3.05) is 5.32 Å². The zero-order valence-corrected chi connectivity index (χ0v) is 15.8. The lowest BCUT2D eigenvalue weighted by molar-refractivity contribution is -0.274. The molecule has 0 atom stereocenters. The molecule has 148 valence electrons. The van der Waals surface area contributed by atoms with Crippen LogP contribution in [-0.4, -0.2) is 25.0 Å². The molecule has 3 rings (SSSR count). The molecule has 0 aliphatic carbocycles. The van der Waals surface area contributed by atoms with Crippen LogP contribution in [0.3, 0.4) is 0 Å². The number of alkyl halides is 6. The first-order chi connectivity index (χ1) is 13.0. The highest BCUT2D eigenvalue weighted by molar-refractivity contribution is 6.68. The fourth-order valence-corrected chi connectivity index (χ4v) is 2.53. The van der Waals surface area contributed by atoms with Gasteiger partial charge in [0.2, 0.25) is 0 Å². The molecule has 28 heavy (non-hydrogen) atoms. The van der Waals surface area contributed by atoms with E-state index in [0.29, 0.717) is 11.3 Å². The Morgan fingerprint density at radius 2 is 1.68 bits per heavy atom.